The van der Waals surface area contributed by atoms with Gasteiger partial charge in [0.25, 0.3) is 5.91 Å². The molecule has 0 heterocycles. The van der Waals surface area contributed by atoms with E-state index in [4.69, 9.17) is 16.3 Å². The summed E-state index contributed by atoms with van der Waals surface area (Å²) in [7, 11) is 0. The lowest BCUT2D eigenvalue weighted by Crippen LogP contribution is -2.51. The molecule has 1 aromatic carbocycles. The Kier molecular flexibility index (Phi) is 6.41. The first kappa shape index (κ1) is 22.2. The van der Waals surface area contributed by atoms with E-state index in [1.54, 1.807) is 25.1 Å². The summed E-state index contributed by atoms with van der Waals surface area (Å²) in [5.41, 5.74) is 7.74. The monoisotopic (exact) mass is 434 g/mol. The number of carboxylic acids is 1. The molecule has 8 heteroatoms. The molecule has 3 N–H and O–H groups in total. The lowest BCUT2D eigenvalue weighted by molar-refractivity contribution is -0.150. The molecule has 2 bridgehead atoms. The maximum absolute atomic E-state index is 12.8. The first-order valence-corrected chi connectivity index (χ1v) is 10.4. The Labute approximate surface area is 180 Å². The minimum absolute atomic E-state index is 0.0941. The minimum Gasteiger partial charge on any atom is -0.481 e. The Balaban J connectivity index is 1.64. The molecular formula is C22H27ClN2O5. The molecule has 0 saturated heterocycles. The van der Waals surface area contributed by atoms with E-state index < -0.39 is 35.7 Å². The van der Waals surface area contributed by atoms with Crippen LogP contribution in [0.1, 0.15) is 39.2 Å². The fraction of sp³-hybridized carbons (Fsp3) is 0.500. The molecule has 7 nitrogen and oxygen atoms in total. The van der Waals surface area contributed by atoms with Crippen LogP contribution in [0.2, 0.25) is 5.02 Å². The highest BCUT2D eigenvalue weighted by molar-refractivity contribution is 6.30. The van der Waals surface area contributed by atoms with Crippen LogP contribution in [0.25, 0.3) is 0 Å². The molecule has 1 aromatic rings. The van der Waals surface area contributed by atoms with Gasteiger partial charge in [-0.3, -0.25) is 25.2 Å². The van der Waals surface area contributed by atoms with E-state index >= 15 is 0 Å². The largest absolute Gasteiger partial charge is 0.481 e. The molecule has 0 spiro atoms. The summed E-state index contributed by atoms with van der Waals surface area (Å²) in [4.78, 5) is 37.1. The van der Waals surface area contributed by atoms with Crippen molar-refractivity contribution in [2.24, 2.45) is 23.7 Å². The third kappa shape index (κ3) is 4.17. The number of carbonyl (C=O) groups is 3. The van der Waals surface area contributed by atoms with Gasteiger partial charge >= 0.3 is 5.97 Å². The van der Waals surface area contributed by atoms with Gasteiger partial charge in [0.1, 0.15) is 5.75 Å². The summed E-state index contributed by atoms with van der Waals surface area (Å²) in [6.07, 6.45) is 0.703. The highest BCUT2D eigenvalue weighted by Crippen LogP contribution is 2.57. The maximum Gasteiger partial charge on any atom is 0.307 e. The Hall–Kier alpha value is -2.54. The molecule has 2 amide bonds. The summed E-state index contributed by atoms with van der Waals surface area (Å²) in [5, 5.41) is 10.3. The van der Waals surface area contributed by atoms with Crippen LogP contribution in [0.4, 0.5) is 0 Å². The predicted octanol–water partition coefficient (Wildman–Crippen LogP) is 3.26. The number of aliphatic carboxylic acids is 1. The van der Waals surface area contributed by atoms with Crippen LogP contribution >= 0.6 is 11.6 Å². The zero-order chi connectivity index (χ0) is 22.2. The Morgan fingerprint density at radius 1 is 1.13 bits per heavy atom. The van der Waals surface area contributed by atoms with Crippen molar-refractivity contribution >= 4 is 29.4 Å². The van der Waals surface area contributed by atoms with Crippen molar-refractivity contribution < 1.29 is 24.2 Å². The van der Waals surface area contributed by atoms with Crippen LogP contribution in [0, 0.1) is 30.6 Å². The number of hydrogen-bond acceptors (Lipinski definition) is 4. The standard InChI is InChI=1S/C22H27ClN2O5/c1-10(2)17-14-6-7-15(17)19(22(28)29)18(14)21(27)25-24-20(26)12(4)30-16-8-5-13(23)9-11(16)3/h5,8-9,12,14-15,18-19H,6-7H2,1-4H3,(H,24,26)(H,25,27)(H,28,29)/t12-,14+,15+,18-,19+/m0/s1. The molecule has 30 heavy (non-hydrogen) atoms. The summed E-state index contributed by atoms with van der Waals surface area (Å²) in [6, 6.07) is 5.07. The van der Waals surface area contributed by atoms with Crippen molar-refractivity contribution in [3.63, 3.8) is 0 Å². The fourth-order valence-corrected chi connectivity index (χ4v) is 5.13. The van der Waals surface area contributed by atoms with Gasteiger partial charge in [-0.05, 0) is 76.1 Å². The SMILES string of the molecule is CC(C)=C1[C@H]2CC[C@H]1[C@@H](C(=O)O)[C@H]2C(=O)NNC(=O)[C@H](C)Oc1ccc(Cl)cc1C. The molecule has 2 aliphatic carbocycles. The molecule has 2 saturated carbocycles. The molecule has 0 radical (unpaired) electrons. The van der Waals surface area contributed by atoms with Crippen molar-refractivity contribution in [2.75, 3.05) is 0 Å². The Bertz CT molecular complexity index is 909. The van der Waals surface area contributed by atoms with Crippen LogP contribution in [0.15, 0.2) is 29.3 Å². The van der Waals surface area contributed by atoms with Gasteiger partial charge in [0.05, 0.1) is 11.8 Å². The Morgan fingerprint density at radius 3 is 2.33 bits per heavy atom. The zero-order valence-corrected chi connectivity index (χ0v) is 18.2. The topological polar surface area (TPSA) is 105 Å². The second-order valence-electron chi connectivity index (χ2n) is 8.28. The van der Waals surface area contributed by atoms with Crippen LogP contribution in [-0.2, 0) is 14.4 Å². The molecule has 2 fully saturated rings. The second-order valence-corrected chi connectivity index (χ2v) is 8.72. The van der Waals surface area contributed by atoms with Gasteiger partial charge in [0, 0.05) is 5.02 Å². The second kappa shape index (κ2) is 8.68. The van der Waals surface area contributed by atoms with Crippen molar-refractivity contribution in [1.82, 2.24) is 10.9 Å². The highest BCUT2D eigenvalue weighted by atomic mass is 35.5. The van der Waals surface area contributed by atoms with E-state index in [9.17, 15) is 19.5 Å². The van der Waals surface area contributed by atoms with E-state index in [1.165, 1.54) is 0 Å². The third-order valence-electron chi connectivity index (χ3n) is 6.13. The normalized spacial score (nSPS) is 25.6. The average Bonchev–Trinajstić information content (AvgIpc) is 3.24. The lowest BCUT2D eigenvalue weighted by Gasteiger charge is -2.26. The quantitative estimate of drug-likeness (QED) is 0.487. The number of rotatable bonds is 5. The number of benzene rings is 1. The van der Waals surface area contributed by atoms with E-state index in [0.29, 0.717) is 10.8 Å². The number of nitrogens with one attached hydrogen (secondary N) is 2. The van der Waals surface area contributed by atoms with Crippen molar-refractivity contribution in [3.8, 4) is 5.75 Å². The first-order valence-electron chi connectivity index (χ1n) is 10.0. The molecule has 3 rings (SSSR count). The van der Waals surface area contributed by atoms with Gasteiger partial charge in [-0.15, -0.1) is 0 Å². The maximum atomic E-state index is 12.8. The number of amides is 2. The molecule has 5 atom stereocenters. The number of fused-ring (bicyclic) bond motifs is 2. The third-order valence-corrected chi connectivity index (χ3v) is 6.36. The molecule has 0 aromatic heterocycles. The molecule has 162 valence electrons. The molecular weight excluding hydrogens is 408 g/mol. The molecule has 0 unspecified atom stereocenters. The summed E-state index contributed by atoms with van der Waals surface area (Å²) < 4.78 is 5.65. The van der Waals surface area contributed by atoms with Crippen LogP contribution < -0.4 is 15.6 Å². The van der Waals surface area contributed by atoms with Crippen molar-refractivity contribution in [2.45, 2.75) is 46.6 Å². The van der Waals surface area contributed by atoms with Gasteiger partial charge in [0.15, 0.2) is 6.10 Å². The number of carbonyl (C=O) groups excluding carboxylic acids is 2. The number of allylic oxidation sites excluding steroid dienone is 2. The highest BCUT2D eigenvalue weighted by Gasteiger charge is 2.57. The van der Waals surface area contributed by atoms with Gasteiger partial charge in [0.2, 0.25) is 5.91 Å². The zero-order valence-electron chi connectivity index (χ0n) is 17.5. The van der Waals surface area contributed by atoms with E-state index in [1.807, 2.05) is 20.8 Å². The summed E-state index contributed by atoms with van der Waals surface area (Å²) in [5.74, 6) is -3.13. The summed E-state index contributed by atoms with van der Waals surface area (Å²) >= 11 is 5.93. The van der Waals surface area contributed by atoms with Gasteiger partial charge < -0.3 is 9.84 Å². The molecule has 0 aliphatic heterocycles. The van der Waals surface area contributed by atoms with Gasteiger partial charge in [-0.25, -0.2) is 0 Å². The molecule has 2 aliphatic rings. The Morgan fingerprint density at radius 2 is 1.77 bits per heavy atom. The average molecular weight is 435 g/mol. The van der Waals surface area contributed by atoms with Crippen LogP contribution in [0.3, 0.4) is 0 Å². The fourth-order valence-electron chi connectivity index (χ4n) is 4.90. The number of aryl methyl sites for hydroxylation is 1. The smallest absolute Gasteiger partial charge is 0.307 e. The van der Waals surface area contributed by atoms with E-state index in [0.717, 1.165) is 29.6 Å². The summed E-state index contributed by atoms with van der Waals surface area (Å²) in [6.45, 7) is 7.29. The predicted molar refractivity (Wildman–Crippen MR) is 112 cm³/mol. The van der Waals surface area contributed by atoms with E-state index in [-0.39, 0.29) is 11.8 Å². The van der Waals surface area contributed by atoms with Crippen molar-refractivity contribution in [1.29, 1.82) is 0 Å². The van der Waals surface area contributed by atoms with Gasteiger partial charge in [-0.1, -0.05) is 22.7 Å². The number of hydrazine groups is 1. The minimum atomic E-state index is -0.970. The van der Waals surface area contributed by atoms with Crippen molar-refractivity contribution in [3.05, 3.63) is 39.9 Å². The van der Waals surface area contributed by atoms with E-state index in [2.05, 4.69) is 10.9 Å². The lowest BCUT2D eigenvalue weighted by atomic mass is 9.79. The number of halogens is 1. The number of hydrogen-bond donors (Lipinski definition) is 3. The first-order chi connectivity index (χ1) is 14.1. The number of carboxylic acid groups (broad SMARTS) is 1. The van der Waals surface area contributed by atoms with Gasteiger partial charge in [-0.2, -0.15) is 0 Å². The van der Waals surface area contributed by atoms with Crippen LogP contribution in [-0.4, -0.2) is 29.0 Å². The van der Waals surface area contributed by atoms with Crippen LogP contribution in [0.5, 0.6) is 5.75 Å². The number of ether oxygens (including phenoxy) is 1.